The van der Waals surface area contributed by atoms with Crippen molar-refractivity contribution in [1.82, 2.24) is 24.7 Å². The second-order valence-corrected chi connectivity index (χ2v) is 10.5. The first-order chi connectivity index (χ1) is 17.5. The molecule has 36 heavy (non-hydrogen) atoms. The van der Waals surface area contributed by atoms with Gasteiger partial charge in [0.1, 0.15) is 0 Å². The van der Waals surface area contributed by atoms with Crippen LogP contribution in [0.15, 0.2) is 48.7 Å². The lowest BCUT2D eigenvalue weighted by Crippen LogP contribution is -2.39. The van der Waals surface area contributed by atoms with E-state index >= 15 is 0 Å². The van der Waals surface area contributed by atoms with Crippen LogP contribution in [0.2, 0.25) is 10.0 Å². The number of halogens is 2. The van der Waals surface area contributed by atoms with Gasteiger partial charge < -0.3 is 19.5 Å². The summed E-state index contributed by atoms with van der Waals surface area (Å²) in [4.78, 5) is 9.49. The summed E-state index contributed by atoms with van der Waals surface area (Å²) in [6.07, 6.45) is 2.86. The highest BCUT2D eigenvalue weighted by atomic mass is 35.5. The molecular weight excluding hydrogens is 513 g/mol. The van der Waals surface area contributed by atoms with E-state index in [1.165, 1.54) is 5.56 Å². The van der Waals surface area contributed by atoms with Gasteiger partial charge in [0.15, 0.2) is 5.11 Å². The number of ether oxygens (including phenoxy) is 1. The molecule has 3 aromatic rings. The molecule has 2 saturated heterocycles. The summed E-state index contributed by atoms with van der Waals surface area (Å²) in [6, 6.07) is 14.0. The summed E-state index contributed by atoms with van der Waals surface area (Å²) in [7, 11) is 0. The van der Waals surface area contributed by atoms with Crippen LogP contribution in [0.4, 0.5) is 0 Å². The maximum absolute atomic E-state index is 6.64. The normalized spacial score (nSPS) is 20.7. The molecule has 2 aromatic heterocycles. The Kier molecular flexibility index (Phi) is 7.84. The summed E-state index contributed by atoms with van der Waals surface area (Å²) >= 11 is 18.9. The van der Waals surface area contributed by atoms with Crippen molar-refractivity contribution in [2.75, 3.05) is 39.4 Å². The Morgan fingerprint density at radius 3 is 2.64 bits per heavy atom. The summed E-state index contributed by atoms with van der Waals surface area (Å²) in [6.45, 7) is 9.74. The Morgan fingerprint density at radius 2 is 1.89 bits per heavy atom. The quantitative estimate of drug-likeness (QED) is 0.397. The van der Waals surface area contributed by atoms with Gasteiger partial charge in [0.2, 0.25) is 0 Å². The molecule has 9 heteroatoms. The van der Waals surface area contributed by atoms with Crippen molar-refractivity contribution in [3.05, 3.63) is 81.4 Å². The van der Waals surface area contributed by atoms with Crippen LogP contribution >= 0.6 is 35.4 Å². The monoisotopic (exact) mass is 543 g/mol. The molecule has 5 rings (SSSR count). The van der Waals surface area contributed by atoms with Crippen molar-refractivity contribution >= 4 is 40.5 Å². The number of nitrogens with one attached hydrogen (secondary N) is 1. The molecular formula is C27H31Cl2N5OS. The molecule has 6 nitrogen and oxygen atoms in total. The summed E-state index contributed by atoms with van der Waals surface area (Å²) < 4.78 is 7.69. The lowest BCUT2D eigenvalue weighted by atomic mass is 9.96. The third-order valence-electron chi connectivity index (χ3n) is 7.14. The molecule has 0 amide bonds. The molecule has 0 saturated carbocycles. The number of hydrogen-bond donors (Lipinski definition) is 1. The van der Waals surface area contributed by atoms with Crippen molar-refractivity contribution < 1.29 is 4.74 Å². The van der Waals surface area contributed by atoms with E-state index in [1.54, 1.807) is 0 Å². The smallest absolute Gasteiger partial charge is 0.170 e. The summed E-state index contributed by atoms with van der Waals surface area (Å²) in [5, 5.41) is 5.44. The molecule has 1 N–H and O–H groups in total. The maximum Gasteiger partial charge on any atom is 0.170 e. The largest absolute Gasteiger partial charge is 0.379 e. The molecule has 0 bridgehead atoms. The van der Waals surface area contributed by atoms with Gasteiger partial charge in [-0.1, -0.05) is 35.3 Å². The van der Waals surface area contributed by atoms with Crippen molar-refractivity contribution in [3.8, 4) is 5.69 Å². The third-order valence-corrected chi connectivity index (χ3v) is 8.30. The Hall–Kier alpha value is -2.16. The number of nitrogens with zero attached hydrogens (tertiary/aromatic N) is 4. The maximum atomic E-state index is 6.64. The van der Waals surface area contributed by atoms with Gasteiger partial charge in [-0.25, -0.2) is 0 Å². The fourth-order valence-corrected chi connectivity index (χ4v) is 6.11. The summed E-state index contributed by atoms with van der Waals surface area (Å²) in [5.74, 6) is 0. The highest BCUT2D eigenvalue weighted by Gasteiger charge is 2.41. The number of hydrogen-bond acceptors (Lipinski definition) is 4. The molecule has 0 radical (unpaired) electrons. The van der Waals surface area contributed by atoms with Crippen LogP contribution in [0, 0.1) is 13.8 Å². The van der Waals surface area contributed by atoms with Crippen molar-refractivity contribution in [2.45, 2.75) is 32.4 Å². The highest BCUT2D eigenvalue weighted by Crippen LogP contribution is 2.42. The van der Waals surface area contributed by atoms with E-state index in [0.717, 1.165) is 73.7 Å². The van der Waals surface area contributed by atoms with E-state index in [2.05, 4.69) is 50.6 Å². The zero-order valence-electron chi connectivity index (χ0n) is 20.6. The van der Waals surface area contributed by atoms with E-state index in [1.807, 2.05) is 36.5 Å². The Morgan fingerprint density at radius 1 is 1.08 bits per heavy atom. The molecule has 0 unspecified atom stereocenters. The van der Waals surface area contributed by atoms with Crippen LogP contribution in [0.25, 0.3) is 5.69 Å². The number of thiocarbonyl (C=S) groups is 1. The SMILES string of the molecule is Cc1cc([C@@H]2[C@@H](c3ccccn3)NC(=S)N2CCCN2CCOCC2)c(C)n1-c1cccc(Cl)c1Cl. The number of benzene rings is 1. The standard InChI is InChI=1S/C27H31Cl2N5OS/c1-18-17-20(19(2)34(18)23-9-5-7-21(28)24(23)29)26-25(22-8-3-4-10-30-22)31-27(36)33(26)12-6-11-32-13-15-35-16-14-32/h3-5,7-10,17,25-26H,6,11-16H2,1-2H3,(H,31,36)/t25-,26-/m1/s1. The minimum atomic E-state index is -0.0501. The number of morpholine rings is 1. The zero-order valence-corrected chi connectivity index (χ0v) is 22.9. The topological polar surface area (TPSA) is 45.6 Å². The Bertz CT molecular complexity index is 1230. The van der Waals surface area contributed by atoms with E-state index in [0.29, 0.717) is 10.0 Å². The molecule has 2 aliphatic heterocycles. The highest BCUT2D eigenvalue weighted by molar-refractivity contribution is 7.80. The average molecular weight is 545 g/mol. The predicted octanol–water partition coefficient (Wildman–Crippen LogP) is 5.49. The lowest BCUT2D eigenvalue weighted by molar-refractivity contribution is 0.0365. The number of aryl methyl sites for hydroxylation is 1. The lowest BCUT2D eigenvalue weighted by Gasteiger charge is -2.30. The van der Waals surface area contributed by atoms with Gasteiger partial charge in [-0.05, 0) is 68.4 Å². The average Bonchev–Trinajstić information content (AvgIpc) is 3.37. The second kappa shape index (κ2) is 11.1. The van der Waals surface area contributed by atoms with Gasteiger partial charge in [-0.3, -0.25) is 9.88 Å². The fraction of sp³-hybridized carbons (Fsp3) is 0.407. The number of rotatable bonds is 7. The molecule has 0 aliphatic carbocycles. The van der Waals surface area contributed by atoms with Gasteiger partial charge in [-0.2, -0.15) is 0 Å². The van der Waals surface area contributed by atoms with Crippen molar-refractivity contribution in [3.63, 3.8) is 0 Å². The van der Waals surface area contributed by atoms with Crippen molar-refractivity contribution in [2.24, 2.45) is 0 Å². The van der Waals surface area contributed by atoms with Crippen molar-refractivity contribution in [1.29, 1.82) is 0 Å². The van der Waals surface area contributed by atoms with Gasteiger partial charge in [0.25, 0.3) is 0 Å². The Balaban J connectivity index is 1.50. The number of pyridine rings is 1. The summed E-state index contributed by atoms with van der Waals surface area (Å²) in [5.41, 5.74) is 5.28. The van der Waals surface area contributed by atoms with Gasteiger partial charge >= 0.3 is 0 Å². The third kappa shape index (κ3) is 5.00. The first kappa shape index (κ1) is 25.5. The second-order valence-electron chi connectivity index (χ2n) is 9.36. The molecule has 2 aliphatic rings. The van der Waals surface area contributed by atoms with E-state index < -0.39 is 0 Å². The van der Waals surface area contributed by atoms with E-state index in [4.69, 9.17) is 40.2 Å². The molecule has 2 fully saturated rings. The fourth-order valence-electron chi connectivity index (χ4n) is 5.40. The van der Waals surface area contributed by atoms with Gasteiger partial charge in [-0.15, -0.1) is 0 Å². The minimum Gasteiger partial charge on any atom is -0.379 e. The molecule has 0 spiro atoms. The Labute approximate surface area is 228 Å². The van der Waals surface area contributed by atoms with Gasteiger partial charge in [0, 0.05) is 43.8 Å². The van der Waals surface area contributed by atoms with Crippen LogP contribution in [0.1, 0.15) is 41.1 Å². The molecule has 1 aromatic carbocycles. The molecule has 4 heterocycles. The van der Waals surface area contributed by atoms with Crippen LogP contribution in [-0.2, 0) is 4.74 Å². The predicted molar refractivity (Wildman–Crippen MR) is 149 cm³/mol. The van der Waals surface area contributed by atoms with Gasteiger partial charge in [0.05, 0.1) is 46.7 Å². The van der Waals surface area contributed by atoms with Crippen LogP contribution in [-0.4, -0.2) is 63.9 Å². The molecule has 190 valence electrons. The van der Waals surface area contributed by atoms with Crippen LogP contribution < -0.4 is 5.32 Å². The minimum absolute atomic E-state index is 0.00926. The van der Waals surface area contributed by atoms with E-state index in [9.17, 15) is 0 Å². The van der Waals surface area contributed by atoms with Crippen LogP contribution in [0.5, 0.6) is 0 Å². The zero-order chi connectivity index (χ0) is 25.2. The first-order valence-corrected chi connectivity index (χ1v) is 13.5. The van der Waals surface area contributed by atoms with Crippen LogP contribution in [0.3, 0.4) is 0 Å². The number of aromatic nitrogens is 2. The first-order valence-electron chi connectivity index (χ1n) is 12.4. The van der Waals surface area contributed by atoms with E-state index in [-0.39, 0.29) is 12.1 Å². The molecule has 2 atom stereocenters.